The lowest BCUT2D eigenvalue weighted by molar-refractivity contribution is -0.185. The summed E-state index contributed by atoms with van der Waals surface area (Å²) in [6, 6.07) is 1.82. The summed E-state index contributed by atoms with van der Waals surface area (Å²) in [5.41, 5.74) is 3.71. The van der Waals surface area contributed by atoms with Crippen LogP contribution in [-0.4, -0.2) is 74.6 Å². The number of nitrogens with zero attached hydrogens (tertiary/aromatic N) is 3. The molecule has 8 heteroatoms. The maximum absolute atomic E-state index is 13.5. The molecular weight excluding hydrogens is 434 g/mol. The SMILES string of the molecule is COC1(OC)c2ccncc2C(=O)c2cn(CCCN(C)C)c(CCCOC3CCCCO3)c21. The van der Waals surface area contributed by atoms with Gasteiger partial charge in [0.1, 0.15) is 0 Å². The second kappa shape index (κ2) is 11.1. The van der Waals surface area contributed by atoms with Crippen LogP contribution in [0.3, 0.4) is 0 Å². The van der Waals surface area contributed by atoms with E-state index in [1.165, 1.54) is 0 Å². The fourth-order valence-electron chi connectivity index (χ4n) is 5.11. The van der Waals surface area contributed by atoms with Crippen molar-refractivity contribution in [2.24, 2.45) is 0 Å². The molecule has 0 radical (unpaired) electrons. The summed E-state index contributed by atoms with van der Waals surface area (Å²) in [7, 11) is 7.40. The molecule has 1 atom stereocenters. The van der Waals surface area contributed by atoms with Gasteiger partial charge in [-0.3, -0.25) is 9.78 Å². The van der Waals surface area contributed by atoms with Gasteiger partial charge in [0.25, 0.3) is 0 Å². The monoisotopic (exact) mass is 471 g/mol. The first-order valence-corrected chi connectivity index (χ1v) is 12.2. The Morgan fingerprint density at radius 2 is 2.03 bits per heavy atom. The zero-order valence-electron chi connectivity index (χ0n) is 20.8. The van der Waals surface area contributed by atoms with Crippen molar-refractivity contribution in [2.45, 2.75) is 57.1 Å². The molecule has 2 aliphatic rings. The minimum absolute atomic E-state index is 0.0395. The van der Waals surface area contributed by atoms with Crippen LogP contribution in [0.4, 0.5) is 0 Å². The van der Waals surface area contributed by atoms with Crippen LogP contribution in [0.15, 0.2) is 24.7 Å². The molecule has 186 valence electrons. The summed E-state index contributed by atoms with van der Waals surface area (Å²) in [6.45, 7) is 3.14. The molecule has 0 bridgehead atoms. The van der Waals surface area contributed by atoms with E-state index in [1.54, 1.807) is 26.6 Å². The average Bonchev–Trinajstić information content (AvgIpc) is 3.22. The number of ketones is 1. The van der Waals surface area contributed by atoms with Crippen molar-refractivity contribution in [2.75, 3.05) is 48.1 Å². The molecule has 1 aliphatic carbocycles. The van der Waals surface area contributed by atoms with Crippen LogP contribution < -0.4 is 0 Å². The number of rotatable bonds is 11. The van der Waals surface area contributed by atoms with Crippen LogP contribution in [0, 0.1) is 0 Å². The molecule has 2 aromatic heterocycles. The Labute approximate surface area is 202 Å². The zero-order valence-corrected chi connectivity index (χ0v) is 20.8. The Bertz CT molecular complexity index is 977. The second-order valence-corrected chi connectivity index (χ2v) is 9.26. The van der Waals surface area contributed by atoms with E-state index in [4.69, 9.17) is 18.9 Å². The number of carbonyl (C=O) groups excluding carboxylic acids is 1. The third-order valence-electron chi connectivity index (χ3n) is 6.76. The molecule has 0 amide bonds. The third-order valence-corrected chi connectivity index (χ3v) is 6.76. The zero-order chi connectivity index (χ0) is 24.1. The van der Waals surface area contributed by atoms with E-state index in [2.05, 4.69) is 28.5 Å². The molecule has 1 fully saturated rings. The Balaban J connectivity index is 1.65. The number of fused-ring (bicyclic) bond motifs is 2. The Hall–Kier alpha value is -2.10. The first-order valence-electron chi connectivity index (χ1n) is 12.2. The molecule has 4 rings (SSSR count). The minimum Gasteiger partial charge on any atom is -0.353 e. The lowest BCUT2D eigenvalue weighted by atomic mass is 9.81. The molecule has 0 saturated carbocycles. The minimum atomic E-state index is -1.16. The fraction of sp³-hybridized carbons (Fsp3) is 0.615. The number of hydrogen-bond acceptors (Lipinski definition) is 7. The number of methoxy groups -OCH3 is 2. The molecule has 8 nitrogen and oxygen atoms in total. The summed E-state index contributed by atoms with van der Waals surface area (Å²) in [5, 5.41) is 0. The molecule has 1 aliphatic heterocycles. The van der Waals surface area contributed by atoms with Crippen molar-refractivity contribution in [3.8, 4) is 0 Å². The number of hydrogen-bond donors (Lipinski definition) is 0. The molecule has 0 aromatic carbocycles. The molecule has 0 N–H and O–H groups in total. The second-order valence-electron chi connectivity index (χ2n) is 9.26. The van der Waals surface area contributed by atoms with Crippen molar-refractivity contribution in [3.05, 3.63) is 52.6 Å². The molecule has 2 aromatic rings. The summed E-state index contributed by atoms with van der Waals surface area (Å²) in [4.78, 5) is 19.9. The number of ether oxygens (including phenoxy) is 4. The van der Waals surface area contributed by atoms with E-state index in [1.807, 2.05) is 12.3 Å². The van der Waals surface area contributed by atoms with Crippen molar-refractivity contribution < 1.29 is 23.7 Å². The number of aryl methyl sites for hydroxylation is 1. The molecule has 3 heterocycles. The normalized spacial score (nSPS) is 19.3. The molecule has 1 unspecified atom stereocenters. The molecule has 0 spiro atoms. The molecule has 1 saturated heterocycles. The number of carbonyl (C=O) groups is 1. The fourth-order valence-corrected chi connectivity index (χ4v) is 5.11. The van der Waals surface area contributed by atoms with Crippen molar-refractivity contribution >= 4 is 5.78 Å². The maximum atomic E-state index is 13.5. The van der Waals surface area contributed by atoms with Gasteiger partial charge in [0.05, 0.1) is 6.61 Å². The third kappa shape index (κ3) is 4.83. The first kappa shape index (κ1) is 25.0. The van der Waals surface area contributed by atoms with Gasteiger partial charge in [0.2, 0.25) is 5.79 Å². The number of aromatic nitrogens is 2. The molecular formula is C26H37N3O5. The van der Waals surface area contributed by atoms with E-state index in [0.717, 1.165) is 69.5 Å². The summed E-state index contributed by atoms with van der Waals surface area (Å²) >= 11 is 0. The largest absolute Gasteiger partial charge is 0.353 e. The predicted octanol–water partition coefficient (Wildman–Crippen LogP) is 3.35. The van der Waals surface area contributed by atoms with Crippen molar-refractivity contribution in [3.63, 3.8) is 0 Å². The van der Waals surface area contributed by atoms with Crippen LogP contribution in [0.1, 0.15) is 64.8 Å². The Morgan fingerprint density at radius 1 is 1.21 bits per heavy atom. The van der Waals surface area contributed by atoms with Crippen LogP contribution in [0.5, 0.6) is 0 Å². The van der Waals surface area contributed by atoms with E-state index in [0.29, 0.717) is 23.3 Å². The predicted molar refractivity (Wildman–Crippen MR) is 128 cm³/mol. The first-order chi connectivity index (χ1) is 16.5. The number of pyridine rings is 1. The van der Waals surface area contributed by atoms with Gasteiger partial charge in [0.15, 0.2) is 12.1 Å². The van der Waals surface area contributed by atoms with Gasteiger partial charge >= 0.3 is 0 Å². The highest BCUT2D eigenvalue weighted by atomic mass is 16.7. The van der Waals surface area contributed by atoms with Crippen LogP contribution in [-0.2, 0) is 37.7 Å². The van der Waals surface area contributed by atoms with Gasteiger partial charge in [-0.15, -0.1) is 0 Å². The van der Waals surface area contributed by atoms with Gasteiger partial charge < -0.3 is 28.4 Å². The molecule has 34 heavy (non-hydrogen) atoms. The van der Waals surface area contributed by atoms with Crippen molar-refractivity contribution in [1.29, 1.82) is 0 Å². The van der Waals surface area contributed by atoms with Crippen LogP contribution >= 0.6 is 0 Å². The Kier molecular flexibility index (Phi) is 8.16. The van der Waals surface area contributed by atoms with Crippen molar-refractivity contribution in [1.82, 2.24) is 14.5 Å². The average molecular weight is 472 g/mol. The maximum Gasteiger partial charge on any atom is 0.225 e. The summed E-state index contributed by atoms with van der Waals surface area (Å²) < 4.78 is 26.0. The van der Waals surface area contributed by atoms with Gasteiger partial charge in [0, 0.05) is 73.9 Å². The smallest absolute Gasteiger partial charge is 0.225 e. The Morgan fingerprint density at radius 3 is 2.74 bits per heavy atom. The van der Waals surface area contributed by atoms with Gasteiger partial charge in [-0.1, -0.05) is 0 Å². The summed E-state index contributed by atoms with van der Waals surface area (Å²) in [6.07, 6.45) is 10.9. The highest BCUT2D eigenvalue weighted by molar-refractivity contribution is 6.13. The van der Waals surface area contributed by atoms with Gasteiger partial charge in [-0.2, -0.15) is 0 Å². The van der Waals surface area contributed by atoms with Crippen LogP contribution in [0.2, 0.25) is 0 Å². The quantitative estimate of drug-likeness (QED) is 0.367. The lowest BCUT2D eigenvalue weighted by Crippen LogP contribution is -2.39. The standard InChI is InChI=1S/C26H37N3O5/c1-28(2)13-8-14-29-18-20-24(22(29)9-7-16-34-23-10-5-6-15-33-23)26(31-3,32-4)21-11-12-27-17-19(21)25(20)30/h11-12,17-18,23H,5-10,13-16H2,1-4H3. The lowest BCUT2D eigenvalue weighted by Gasteiger charge is -2.36. The van der Waals surface area contributed by atoms with Gasteiger partial charge in [-0.05, 0) is 65.2 Å². The van der Waals surface area contributed by atoms with E-state index >= 15 is 0 Å². The van der Waals surface area contributed by atoms with E-state index < -0.39 is 5.79 Å². The van der Waals surface area contributed by atoms with E-state index in [-0.39, 0.29) is 12.1 Å². The highest BCUT2D eigenvalue weighted by Crippen LogP contribution is 2.45. The van der Waals surface area contributed by atoms with E-state index in [9.17, 15) is 4.79 Å². The summed E-state index contributed by atoms with van der Waals surface area (Å²) in [5.74, 6) is -1.20. The topological polar surface area (TPSA) is 75.1 Å². The van der Waals surface area contributed by atoms with Crippen LogP contribution in [0.25, 0.3) is 0 Å². The highest BCUT2D eigenvalue weighted by Gasteiger charge is 2.48. The van der Waals surface area contributed by atoms with Gasteiger partial charge in [-0.25, -0.2) is 0 Å².